The van der Waals surface area contributed by atoms with Crippen LogP contribution in [0.2, 0.25) is 5.02 Å². The van der Waals surface area contributed by atoms with Crippen molar-refractivity contribution in [1.29, 1.82) is 0 Å². The van der Waals surface area contributed by atoms with Gasteiger partial charge >= 0.3 is 0 Å². The fourth-order valence-corrected chi connectivity index (χ4v) is 3.83. The number of amides is 1. The zero-order chi connectivity index (χ0) is 20.8. The molecule has 0 atom stereocenters. The van der Waals surface area contributed by atoms with Gasteiger partial charge in [-0.3, -0.25) is 14.7 Å². The molecule has 0 saturated carbocycles. The van der Waals surface area contributed by atoms with Crippen LogP contribution in [-0.2, 0) is 13.1 Å². The zero-order valence-corrected chi connectivity index (χ0v) is 17.6. The Morgan fingerprint density at radius 1 is 0.933 bits per heavy atom. The maximum atomic E-state index is 12.4. The van der Waals surface area contributed by atoms with Crippen LogP contribution in [0, 0.1) is 0 Å². The lowest BCUT2D eigenvalue weighted by Crippen LogP contribution is -2.45. The number of nitrogens with one attached hydrogen (secondary N) is 1. The molecule has 0 spiro atoms. The molecule has 4 rings (SSSR count). The zero-order valence-electron chi connectivity index (χ0n) is 16.8. The largest absolute Gasteiger partial charge is 0.369 e. The third-order valence-electron chi connectivity index (χ3n) is 5.37. The number of nitrogens with zero attached hydrogens (tertiary/aromatic N) is 3. The van der Waals surface area contributed by atoms with Gasteiger partial charge in [0.05, 0.1) is 0 Å². The standard InChI is InChI=1S/C24H25ClN4O/c25-22-2-1-3-23(16-22)29-14-12-28(13-15-29)18-20-4-6-21(7-5-20)24(30)27-17-19-8-10-26-11-9-19/h1-11,16H,12-15,17-18H2,(H,27,30). The molecule has 2 heterocycles. The second-order valence-electron chi connectivity index (χ2n) is 7.48. The predicted molar refractivity (Wildman–Crippen MR) is 121 cm³/mol. The second kappa shape index (κ2) is 9.74. The molecule has 1 N–H and O–H groups in total. The molecule has 5 nitrogen and oxygen atoms in total. The number of halogens is 1. The van der Waals surface area contributed by atoms with Gasteiger partial charge in [-0.05, 0) is 53.6 Å². The van der Waals surface area contributed by atoms with E-state index < -0.39 is 0 Å². The summed E-state index contributed by atoms with van der Waals surface area (Å²) in [6, 6.07) is 19.7. The van der Waals surface area contributed by atoms with Gasteiger partial charge in [-0.1, -0.05) is 29.8 Å². The summed E-state index contributed by atoms with van der Waals surface area (Å²) in [7, 11) is 0. The summed E-state index contributed by atoms with van der Waals surface area (Å²) < 4.78 is 0. The van der Waals surface area contributed by atoms with E-state index in [9.17, 15) is 4.79 Å². The number of pyridine rings is 1. The van der Waals surface area contributed by atoms with Crippen molar-refractivity contribution in [2.45, 2.75) is 13.1 Å². The normalized spacial score (nSPS) is 14.5. The molecule has 154 valence electrons. The topological polar surface area (TPSA) is 48.5 Å². The third kappa shape index (κ3) is 5.38. The van der Waals surface area contributed by atoms with E-state index in [1.54, 1.807) is 12.4 Å². The molecular weight excluding hydrogens is 396 g/mol. The number of carbonyl (C=O) groups excluding carboxylic acids is 1. The lowest BCUT2D eigenvalue weighted by atomic mass is 10.1. The van der Waals surface area contributed by atoms with Crippen LogP contribution in [0.4, 0.5) is 5.69 Å². The molecule has 1 aromatic heterocycles. The molecule has 1 aliphatic rings. The Balaban J connectivity index is 1.26. The van der Waals surface area contributed by atoms with Crippen molar-refractivity contribution in [2.75, 3.05) is 31.1 Å². The van der Waals surface area contributed by atoms with Crippen molar-refractivity contribution in [3.63, 3.8) is 0 Å². The first-order valence-electron chi connectivity index (χ1n) is 10.2. The summed E-state index contributed by atoms with van der Waals surface area (Å²) in [6.45, 7) is 5.36. The number of aromatic nitrogens is 1. The minimum Gasteiger partial charge on any atom is -0.369 e. The summed E-state index contributed by atoms with van der Waals surface area (Å²) in [5.74, 6) is -0.0616. The van der Waals surface area contributed by atoms with Crippen molar-refractivity contribution in [1.82, 2.24) is 15.2 Å². The smallest absolute Gasteiger partial charge is 0.251 e. The number of benzene rings is 2. The Bertz CT molecular complexity index is 970. The summed E-state index contributed by atoms with van der Waals surface area (Å²) in [5, 5.41) is 3.73. The molecule has 6 heteroatoms. The fourth-order valence-electron chi connectivity index (χ4n) is 3.64. The first kappa shape index (κ1) is 20.4. The van der Waals surface area contributed by atoms with E-state index in [1.165, 1.54) is 11.3 Å². The van der Waals surface area contributed by atoms with E-state index in [2.05, 4.69) is 26.2 Å². The van der Waals surface area contributed by atoms with E-state index in [1.807, 2.05) is 54.6 Å². The maximum absolute atomic E-state index is 12.4. The molecule has 0 unspecified atom stereocenters. The number of rotatable bonds is 6. The monoisotopic (exact) mass is 420 g/mol. The molecule has 3 aromatic rings. The number of hydrogen-bond donors (Lipinski definition) is 1. The van der Waals surface area contributed by atoms with Gasteiger partial charge in [-0.15, -0.1) is 0 Å². The number of carbonyl (C=O) groups is 1. The van der Waals surface area contributed by atoms with Crippen LogP contribution in [-0.4, -0.2) is 42.0 Å². The van der Waals surface area contributed by atoms with Crippen LogP contribution in [0.1, 0.15) is 21.5 Å². The first-order chi connectivity index (χ1) is 14.7. The van der Waals surface area contributed by atoms with Gasteiger partial charge in [0, 0.05) is 67.9 Å². The average molecular weight is 421 g/mol. The Kier molecular flexibility index (Phi) is 6.62. The molecule has 2 aromatic carbocycles. The molecule has 1 saturated heterocycles. The summed E-state index contributed by atoms with van der Waals surface area (Å²) in [6.07, 6.45) is 3.45. The molecule has 1 fully saturated rings. The van der Waals surface area contributed by atoms with Gasteiger partial charge in [0.25, 0.3) is 5.91 Å². The highest BCUT2D eigenvalue weighted by Crippen LogP contribution is 2.21. The number of piperazine rings is 1. The molecule has 30 heavy (non-hydrogen) atoms. The van der Waals surface area contributed by atoms with Gasteiger partial charge in [0.2, 0.25) is 0 Å². The van der Waals surface area contributed by atoms with Crippen LogP contribution in [0.15, 0.2) is 73.1 Å². The average Bonchev–Trinajstić information content (AvgIpc) is 2.79. The van der Waals surface area contributed by atoms with Gasteiger partial charge < -0.3 is 10.2 Å². The van der Waals surface area contributed by atoms with Gasteiger partial charge in [-0.2, -0.15) is 0 Å². The van der Waals surface area contributed by atoms with Gasteiger partial charge in [0.1, 0.15) is 0 Å². The summed E-state index contributed by atoms with van der Waals surface area (Å²) in [5.41, 5.74) is 4.12. The van der Waals surface area contributed by atoms with Crippen LogP contribution in [0.25, 0.3) is 0 Å². The van der Waals surface area contributed by atoms with Crippen molar-refractivity contribution >= 4 is 23.2 Å². The van der Waals surface area contributed by atoms with Crippen molar-refractivity contribution in [2.24, 2.45) is 0 Å². The molecule has 0 bridgehead atoms. The van der Waals surface area contributed by atoms with Crippen LogP contribution < -0.4 is 10.2 Å². The maximum Gasteiger partial charge on any atom is 0.251 e. The van der Waals surface area contributed by atoms with Gasteiger partial charge in [0.15, 0.2) is 0 Å². The molecular formula is C24H25ClN4O. The molecule has 0 radical (unpaired) electrons. The third-order valence-corrected chi connectivity index (χ3v) is 5.61. The van der Waals surface area contributed by atoms with E-state index in [0.717, 1.165) is 43.3 Å². The highest BCUT2D eigenvalue weighted by molar-refractivity contribution is 6.30. The minimum atomic E-state index is -0.0616. The first-order valence-corrected chi connectivity index (χ1v) is 10.5. The minimum absolute atomic E-state index is 0.0616. The van der Waals surface area contributed by atoms with Crippen LogP contribution in [0.5, 0.6) is 0 Å². The number of hydrogen-bond acceptors (Lipinski definition) is 4. The quantitative estimate of drug-likeness (QED) is 0.655. The van der Waals surface area contributed by atoms with E-state index in [4.69, 9.17) is 11.6 Å². The van der Waals surface area contributed by atoms with Crippen LogP contribution in [0.3, 0.4) is 0 Å². The van der Waals surface area contributed by atoms with E-state index in [-0.39, 0.29) is 5.91 Å². The molecule has 0 aliphatic carbocycles. The Morgan fingerprint density at radius 3 is 2.37 bits per heavy atom. The number of anilines is 1. The van der Waals surface area contributed by atoms with Gasteiger partial charge in [-0.25, -0.2) is 0 Å². The van der Waals surface area contributed by atoms with E-state index in [0.29, 0.717) is 12.1 Å². The highest BCUT2D eigenvalue weighted by Gasteiger charge is 2.17. The molecule has 1 aliphatic heterocycles. The van der Waals surface area contributed by atoms with Crippen molar-refractivity contribution in [3.8, 4) is 0 Å². The van der Waals surface area contributed by atoms with Crippen molar-refractivity contribution < 1.29 is 4.79 Å². The lowest BCUT2D eigenvalue weighted by molar-refractivity contribution is 0.0951. The lowest BCUT2D eigenvalue weighted by Gasteiger charge is -2.36. The summed E-state index contributed by atoms with van der Waals surface area (Å²) >= 11 is 6.12. The molecule has 1 amide bonds. The summed E-state index contributed by atoms with van der Waals surface area (Å²) in [4.78, 5) is 21.2. The fraction of sp³-hybridized carbons (Fsp3) is 0.250. The second-order valence-corrected chi connectivity index (χ2v) is 7.91. The van der Waals surface area contributed by atoms with Crippen LogP contribution >= 0.6 is 11.6 Å². The highest BCUT2D eigenvalue weighted by atomic mass is 35.5. The SMILES string of the molecule is O=C(NCc1ccncc1)c1ccc(CN2CCN(c3cccc(Cl)c3)CC2)cc1. The predicted octanol–water partition coefficient (Wildman–Crippen LogP) is 3.99. The Hall–Kier alpha value is -2.89. The Labute approximate surface area is 182 Å². The van der Waals surface area contributed by atoms with E-state index >= 15 is 0 Å². The van der Waals surface area contributed by atoms with Crippen molar-refractivity contribution in [3.05, 3.63) is 94.8 Å². The Morgan fingerprint density at radius 2 is 1.67 bits per heavy atom.